The van der Waals surface area contributed by atoms with E-state index in [0.717, 1.165) is 77.0 Å². The van der Waals surface area contributed by atoms with Gasteiger partial charge in [-0.15, -0.1) is 0 Å². The minimum Gasteiger partial charge on any atom is -0.394 e. The van der Waals surface area contributed by atoms with E-state index in [1.165, 1.54) is 231 Å². The molecule has 0 aliphatic carbocycles. The Balaban J connectivity index is 3.50. The first-order chi connectivity index (χ1) is 37.7. The van der Waals surface area contributed by atoms with E-state index < -0.39 is 12.1 Å². The number of aliphatic hydroxyl groups excluding tert-OH is 2. The maximum Gasteiger partial charge on any atom is 0.220 e. The molecule has 440 valence electrons. The van der Waals surface area contributed by atoms with Crippen molar-refractivity contribution in [3.8, 4) is 0 Å². The SMILES string of the molecule is CC/C=C\C/C=C\C/C=C\C/C=C\C/C=C\C/C=C\C/C=C\C/C=C\CCCCCCCCCCCCC(=O)NC(CO)C(O)CCCCCCCCCCCCCCCCCCCCCCCCCCCCCCC. The predicted molar refractivity (Wildman–Crippen MR) is 340 cm³/mol. The standard InChI is InChI=1S/C72H129NO3/c1-3-5-7-9-11-13-15-17-19-21-23-25-27-29-31-33-34-35-36-37-38-40-42-44-46-48-50-52-54-56-58-60-62-64-66-68-72(76)73-70(69-74)71(75)67-65-63-61-59-57-55-53-51-49-47-45-43-41-39-32-30-28-26-24-22-20-18-16-14-12-10-8-6-4-2/h5,7,11,13,17,19,23,25,29,31,34-35,37-38,42,44,70-71,74-75H,3-4,6,8-10,12,14-16,18,20-22,24,26-28,30,32-33,36,39-41,43,45-69H2,1-2H3,(H,73,76)/b7-5-,13-11-,19-17-,25-23-,31-29-,35-34-,38-37-,44-42-. The Morgan fingerprint density at radius 3 is 0.868 bits per heavy atom. The molecule has 0 saturated carbocycles. The van der Waals surface area contributed by atoms with Gasteiger partial charge >= 0.3 is 0 Å². The topological polar surface area (TPSA) is 69.6 Å². The third-order valence-electron chi connectivity index (χ3n) is 15.1. The van der Waals surface area contributed by atoms with Gasteiger partial charge in [-0.25, -0.2) is 0 Å². The van der Waals surface area contributed by atoms with Crippen molar-refractivity contribution >= 4 is 5.91 Å². The van der Waals surface area contributed by atoms with E-state index in [1.807, 2.05) is 0 Å². The molecule has 0 radical (unpaired) electrons. The lowest BCUT2D eigenvalue weighted by molar-refractivity contribution is -0.123. The monoisotopic (exact) mass is 1060 g/mol. The van der Waals surface area contributed by atoms with Crippen LogP contribution in [0, 0.1) is 0 Å². The number of unbranched alkanes of at least 4 members (excludes halogenated alkanes) is 38. The molecule has 1 amide bonds. The molecule has 2 unspecified atom stereocenters. The summed E-state index contributed by atoms with van der Waals surface area (Å²) in [6, 6.07) is -0.547. The highest BCUT2D eigenvalue weighted by molar-refractivity contribution is 5.76. The predicted octanol–water partition coefficient (Wildman–Crippen LogP) is 22.8. The number of amides is 1. The highest BCUT2D eigenvalue weighted by atomic mass is 16.3. The van der Waals surface area contributed by atoms with Crippen molar-refractivity contribution in [2.45, 2.75) is 347 Å². The minimum absolute atomic E-state index is 0.0353. The van der Waals surface area contributed by atoms with Crippen LogP contribution in [0.25, 0.3) is 0 Å². The number of carbonyl (C=O) groups excluding carboxylic acids is 1. The summed E-state index contributed by atoms with van der Waals surface area (Å²) in [5.74, 6) is -0.0353. The Morgan fingerprint density at radius 1 is 0.329 bits per heavy atom. The lowest BCUT2D eigenvalue weighted by Gasteiger charge is -2.22. The second kappa shape index (κ2) is 66.6. The van der Waals surface area contributed by atoms with E-state index >= 15 is 0 Å². The van der Waals surface area contributed by atoms with Crippen molar-refractivity contribution in [2.75, 3.05) is 6.61 Å². The molecule has 3 N–H and O–H groups in total. The Labute approximate surface area is 474 Å². The molecule has 0 aliphatic heterocycles. The number of aliphatic hydroxyl groups is 2. The summed E-state index contributed by atoms with van der Waals surface area (Å²) < 4.78 is 0. The zero-order valence-corrected chi connectivity index (χ0v) is 50.8. The third kappa shape index (κ3) is 62.2. The normalized spacial score (nSPS) is 13.4. The summed E-state index contributed by atoms with van der Waals surface area (Å²) in [7, 11) is 0. The zero-order valence-electron chi connectivity index (χ0n) is 50.8. The van der Waals surface area contributed by atoms with Crippen LogP contribution in [0.15, 0.2) is 97.2 Å². The van der Waals surface area contributed by atoms with E-state index in [0.29, 0.717) is 12.8 Å². The molecular formula is C72H129NO3. The largest absolute Gasteiger partial charge is 0.394 e. The molecule has 0 aromatic rings. The number of hydrogen-bond acceptors (Lipinski definition) is 3. The van der Waals surface area contributed by atoms with Crippen molar-refractivity contribution in [1.82, 2.24) is 5.32 Å². The number of allylic oxidation sites excluding steroid dienone is 16. The molecule has 2 atom stereocenters. The number of nitrogens with one attached hydrogen (secondary N) is 1. The van der Waals surface area contributed by atoms with Gasteiger partial charge in [0.1, 0.15) is 0 Å². The summed E-state index contributed by atoms with van der Waals surface area (Å²) in [5, 5.41) is 23.5. The maximum atomic E-state index is 12.6. The molecule has 0 aromatic heterocycles. The first-order valence-corrected chi connectivity index (χ1v) is 33.4. The van der Waals surface area contributed by atoms with Crippen LogP contribution in [0.2, 0.25) is 0 Å². The van der Waals surface area contributed by atoms with Gasteiger partial charge in [0, 0.05) is 6.42 Å². The zero-order chi connectivity index (χ0) is 54.8. The number of carbonyl (C=O) groups is 1. The molecule has 0 fully saturated rings. The molecule has 0 spiro atoms. The van der Waals surface area contributed by atoms with Crippen LogP contribution >= 0.6 is 0 Å². The summed E-state index contributed by atoms with van der Waals surface area (Å²) in [4.78, 5) is 12.6. The summed E-state index contributed by atoms with van der Waals surface area (Å²) >= 11 is 0. The van der Waals surface area contributed by atoms with Gasteiger partial charge in [0.05, 0.1) is 18.8 Å². The van der Waals surface area contributed by atoms with Gasteiger partial charge in [0.15, 0.2) is 0 Å². The number of rotatable bonds is 61. The van der Waals surface area contributed by atoms with Gasteiger partial charge in [-0.1, -0.05) is 349 Å². The van der Waals surface area contributed by atoms with Crippen LogP contribution in [0.1, 0.15) is 335 Å². The Hall–Kier alpha value is -2.69. The smallest absolute Gasteiger partial charge is 0.220 e. The van der Waals surface area contributed by atoms with Crippen molar-refractivity contribution in [3.05, 3.63) is 97.2 Å². The van der Waals surface area contributed by atoms with Crippen LogP contribution in [0.5, 0.6) is 0 Å². The minimum atomic E-state index is -0.669. The average molecular weight is 1060 g/mol. The second-order valence-electron chi connectivity index (χ2n) is 22.5. The van der Waals surface area contributed by atoms with Gasteiger partial charge in [-0.2, -0.15) is 0 Å². The lowest BCUT2D eigenvalue weighted by atomic mass is 10.0. The molecule has 4 nitrogen and oxygen atoms in total. The summed E-state index contributed by atoms with van der Waals surface area (Å²) in [6.07, 6.45) is 98.6. The van der Waals surface area contributed by atoms with Crippen LogP contribution in [-0.2, 0) is 4.79 Å². The first-order valence-electron chi connectivity index (χ1n) is 33.4. The quantitative estimate of drug-likeness (QED) is 0.0420. The molecule has 4 heteroatoms. The highest BCUT2D eigenvalue weighted by Crippen LogP contribution is 2.18. The van der Waals surface area contributed by atoms with Crippen LogP contribution < -0.4 is 5.32 Å². The fourth-order valence-corrected chi connectivity index (χ4v) is 10.1. The van der Waals surface area contributed by atoms with E-state index in [-0.39, 0.29) is 12.5 Å². The van der Waals surface area contributed by atoms with Crippen LogP contribution in [0.3, 0.4) is 0 Å². The van der Waals surface area contributed by atoms with Crippen molar-refractivity contribution in [2.24, 2.45) is 0 Å². The highest BCUT2D eigenvalue weighted by Gasteiger charge is 2.20. The van der Waals surface area contributed by atoms with Gasteiger partial charge in [-0.05, 0) is 77.0 Å². The van der Waals surface area contributed by atoms with Gasteiger partial charge in [-0.3, -0.25) is 4.79 Å². The van der Waals surface area contributed by atoms with Crippen molar-refractivity contribution < 1.29 is 15.0 Å². The molecule has 0 heterocycles. The fraction of sp³-hybridized carbons (Fsp3) is 0.764. The van der Waals surface area contributed by atoms with Crippen molar-refractivity contribution in [3.63, 3.8) is 0 Å². The Kier molecular flexibility index (Phi) is 64.2. The Bertz CT molecular complexity index is 1380. The molecule has 76 heavy (non-hydrogen) atoms. The third-order valence-corrected chi connectivity index (χ3v) is 15.1. The molecule has 0 rings (SSSR count). The molecular weight excluding hydrogens is 927 g/mol. The fourth-order valence-electron chi connectivity index (χ4n) is 10.1. The van der Waals surface area contributed by atoms with Gasteiger partial charge < -0.3 is 15.5 Å². The molecule has 0 aromatic carbocycles. The van der Waals surface area contributed by atoms with E-state index in [4.69, 9.17) is 0 Å². The lowest BCUT2D eigenvalue weighted by Crippen LogP contribution is -2.45. The van der Waals surface area contributed by atoms with E-state index in [1.54, 1.807) is 0 Å². The van der Waals surface area contributed by atoms with Gasteiger partial charge in [0.2, 0.25) is 5.91 Å². The molecule has 0 saturated heterocycles. The van der Waals surface area contributed by atoms with Crippen LogP contribution in [-0.4, -0.2) is 34.9 Å². The second-order valence-corrected chi connectivity index (χ2v) is 22.5. The molecule has 0 bridgehead atoms. The van der Waals surface area contributed by atoms with E-state index in [2.05, 4.69) is 116 Å². The Morgan fingerprint density at radius 2 is 0.579 bits per heavy atom. The number of hydrogen-bond donors (Lipinski definition) is 3. The van der Waals surface area contributed by atoms with Crippen molar-refractivity contribution in [1.29, 1.82) is 0 Å². The summed E-state index contributed by atoms with van der Waals surface area (Å²) in [5.41, 5.74) is 0. The maximum absolute atomic E-state index is 12.6. The van der Waals surface area contributed by atoms with Crippen LogP contribution in [0.4, 0.5) is 0 Å². The molecule has 0 aliphatic rings. The van der Waals surface area contributed by atoms with Gasteiger partial charge in [0.25, 0.3) is 0 Å². The van der Waals surface area contributed by atoms with E-state index in [9.17, 15) is 15.0 Å². The summed E-state index contributed by atoms with van der Waals surface area (Å²) in [6.45, 7) is 4.27. The average Bonchev–Trinajstić information content (AvgIpc) is 3.42. The first kappa shape index (κ1) is 73.3.